The summed E-state index contributed by atoms with van der Waals surface area (Å²) in [5.41, 5.74) is 8.08. The van der Waals surface area contributed by atoms with Gasteiger partial charge in [-0.3, -0.25) is 9.48 Å². The molecule has 1 amide bonds. The van der Waals surface area contributed by atoms with Gasteiger partial charge in [-0.25, -0.2) is 9.37 Å². The topological polar surface area (TPSA) is 86.3 Å². The average molecular weight is 464 g/mol. The number of anilines is 1. The Balaban J connectivity index is 1.44. The molecular weight excluding hydrogens is 444 g/mol. The third-order valence-electron chi connectivity index (χ3n) is 5.25. The van der Waals surface area contributed by atoms with Gasteiger partial charge in [-0.05, 0) is 23.8 Å². The third kappa shape index (κ3) is 4.45. The van der Waals surface area contributed by atoms with Crippen molar-refractivity contribution in [2.45, 2.75) is 19.4 Å². The number of hydrogen-bond donors (Lipinski definition) is 1. The number of halogens is 3. The maximum atomic E-state index is 13.7. The summed E-state index contributed by atoms with van der Waals surface area (Å²) in [5.74, 6) is 0.178. The van der Waals surface area contributed by atoms with Crippen LogP contribution in [0.4, 0.5) is 10.2 Å². The fourth-order valence-corrected chi connectivity index (χ4v) is 3.92. The van der Waals surface area contributed by atoms with E-state index in [1.807, 2.05) is 10.9 Å². The van der Waals surface area contributed by atoms with E-state index in [0.717, 1.165) is 11.1 Å². The number of carbonyl (C=O) groups excluding carboxylic acids is 1. The quantitative estimate of drug-likeness (QED) is 0.558. The summed E-state index contributed by atoms with van der Waals surface area (Å²) in [6.07, 6.45) is 5.60. The van der Waals surface area contributed by atoms with Crippen LogP contribution in [0.1, 0.15) is 18.5 Å². The molecule has 3 aromatic rings. The Bertz CT molecular complexity index is 1130. The Hall–Kier alpha value is -2.84. The molecule has 0 spiro atoms. The number of carbonyl (C=O) groups is 1. The zero-order valence-electron chi connectivity index (χ0n) is 16.7. The maximum absolute atomic E-state index is 13.7. The molecule has 0 saturated carbocycles. The molecule has 0 aliphatic carbocycles. The van der Waals surface area contributed by atoms with E-state index in [2.05, 4.69) is 10.1 Å². The predicted molar refractivity (Wildman–Crippen MR) is 117 cm³/mol. The van der Waals surface area contributed by atoms with E-state index in [-0.39, 0.29) is 29.4 Å². The minimum atomic E-state index is -0.529. The lowest BCUT2D eigenvalue weighted by Gasteiger charge is -2.38. The first-order valence-electron chi connectivity index (χ1n) is 9.64. The molecule has 10 heteroatoms. The van der Waals surface area contributed by atoms with Gasteiger partial charge in [-0.2, -0.15) is 5.10 Å². The largest absolute Gasteiger partial charge is 0.489 e. The SMILES string of the molecule is CC(=O)N1CC(n2cc(-c3cnc(N)c(OCCc4c(Cl)ccc(F)c4Cl)c3)cn2)C1. The summed E-state index contributed by atoms with van der Waals surface area (Å²) < 4.78 is 21.3. The first-order valence-corrected chi connectivity index (χ1v) is 10.4. The number of benzene rings is 1. The van der Waals surface area contributed by atoms with E-state index in [0.29, 0.717) is 35.8 Å². The molecule has 1 aliphatic heterocycles. The van der Waals surface area contributed by atoms with Gasteiger partial charge in [0.2, 0.25) is 5.91 Å². The molecule has 0 unspecified atom stereocenters. The predicted octanol–water partition coefficient (Wildman–Crippen LogP) is 4.00. The summed E-state index contributed by atoms with van der Waals surface area (Å²) in [4.78, 5) is 17.3. The molecule has 1 aromatic carbocycles. The highest BCUT2D eigenvalue weighted by Crippen LogP contribution is 2.30. The molecule has 0 radical (unpaired) electrons. The number of aromatic nitrogens is 3. The maximum Gasteiger partial charge on any atom is 0.219 e. The van der Waals surface area contributed by atoms with E-state index in [4.69, 9.17) is 33.7 Å². The van der Waals surface area contributed by atoms with Crippen molar-refractivity contribution in [2.24, 2.45) is 0 Å². The number of pyridine rings is 1. The molecule has 7 nitrogen and oxygen atoms in total. The van der Waals surface area contributed by atoms with Crippen molar-refractivity contribution in [3.63, 3.8) is 0 Å². The van der Waals surface area contributed by atoms with Crippen LogP contribution in [-0.2, 0) is 11.2 Å². The second kappa shape index (κ2) is 8.72. The van der Waals surface area contributed by atoms with Gasteiger partial charge in [0.25, 0.3) is 0 Å². The average Bonchev–Trinajstić information content (AvgIpc) is 3.17. The van der Waals surface area contributed by atoms with E-state index in [9.17, 15) is 9.18 Å². The molecule has 0 atom stereocenters. The fraction of sp³-hybridized carbons (Fsp3) is 0.286. The monoisotopic (exact) mass is 463 g/mol. The molecule has 162 valence electrons. The summed E-state index contributed by atoms with van der Waals surface area (Å²) in [5, 5.41) is 4.77. The van der Waals surface area contributed by atoms with Crippen LogP contribution in [0.25, 0.3) is 11.1 Å². The second-order valence-corrected chi connectivity index (χ2v) is 8.10. The Morgan fingerprint density at radius 2 is 2.06 bits per heavy atom. The van der Waals surface area contributed by atoms with E-state index < -0.39 is 5.82 Å². The number of nitrogen functional groups attached to an aromatic ring is 1. The normalized spacial score (nSPS) is 13.9. The van der Waals surface area contributed by atoms with Crippen LogP contribution in [0.2, 0.25) is 10.0 Å². The van der Waals surface area contributed by atoms with Gasteiger partial charge in [0.05, 0.1) is 23.9 Å². The number of nitrogens with zero attached hydrogens (tertiary/aromatic N) is 4. The summed E-state index contributed by atoms with van der Waals surface area (Å²) in [6.45, 7) is 3.05. The van der Waals surface area contributed by atoms with Crippen molar-refractivity contribution in [1.82, 2.24) is 19.7 Å². The lowest BCUT2D eigenvalue weighted by atomic mass is 10.1. The van der Waals surface area contributed by atoms with Crippen LogP contribution in [0.15, 0.2) is 36.8 Å². The molecular formula is C21H20Cl2FN5O2. The smallest absolute Gasteiger partial charge is 0.219 e. The second-order valence-electron chi connectivity index (χ2n) is 7.31. The fourth-order valence-electron chi connectivity index (χ4n) is 3.36. The van der Waals surface area contributed by atoms with Gasteiger partial charge in [-0.15, -0.1) is 0 Å². The number of ether oxygens (including phenoxy) is 1. The van der Waals surface area contributed by atoms with E-state index >= 15 is 0 Å². The molecule has 2 aromatic heterocycles. The van der Waals surface area contributed by atoms with Gasteiger partial charge in [0, 0.05) is 55.0 Å². The van der Waals surface area contributed by atoms with Gasteiger partial charge < -0.3 is 15.4 Å². The highest BCUT2D eigenvalue weighted by atomic mass is 35.5. The Morgan fingerprint density at radius 3 is 2.81 bits per heavy atom. The van der Waals surface area contributed by atoms with Crippen molar-refractivity contribution >= 4 is 34.9 Å². The van der Waals surface area contributed by atoms with Crippen molar-refractivity contribution in [2.75, 3.05) is 25.4 Å². The Morgan fingerprint density at radius 1 is 1.29 bits per heavy atom. The standard InChI is InChI=1S/C21H20Cl2FN5O2/c1-12(30)28-10-15(11-28)29-9-14(8-27-29)13-6-19(21(25)26-7-13)31-5-4-16-17(22)2-3-18(24)20(16)23/h2-3,6-9,15H,4-5,10-11H2,1H3,(H2,25,26). The molecule has 3 heterocycles. The van der Waals surface area contributed by atoms with Crippen molar-refractivity contribution in [3.05, 3.63) is 58.2 Å². The molecule has 1 fully saturated rings. The minimum Gasteiger partial charge on any atom is -0.489 e. The summed E-state index contributed by atoms with van der Waals surface area (Å²) >= 11 is 12.1. The highest BCUT2D eigenvalue weighted by molar-refractivity contribution is 6.36. The summed E-state index contributed by atoms with van der Waals surface area (Å²) in [7, 11) is 0. The number of likely N-dealkylation sites (tertiary alicyclic amines) is 1. The lowest BCUT2D eigenvalue weighted by molar-refractivity contribution is -0.134. The minimum absolute atomic E-state index is 0.0114. The highest BCUT2D eigenvalue weighted by Gasteiger charge is 2.30. The van der Waals surface area contributed by atoms with Gasteiger partial charge >= 0.3 is 0 Å². The lowest BCUT2D eigenvalue weighted by Crippen LogP contribution is -2.49. The first-order chi connectivity index (χ1) is 14.8. The van der Waals surface area contributed by atoms with Crippen LogP contribution in [0.3, 0.4) is 0 Å². The Labute approximate surface area is 188 Å². The Kier molecular flexibility index (Phi) is 6.02. The number of nitrogens with two attached hydrogens (primary N) is 1. The van der Waals surface area contributed by atoms with Crippen molar-refractivity contribution < 1.29 is 13.9 Å². The van der Waals surface area contributed by atoms with Crippen molar-refractivity contribution in [1.29, 1.82) is 0 Å². The van der Waals surface area contributed by atoms with Crippen LogP contribution < -0.4 is 10.5 Å². The van der Waals surface area contributed by atoms with E-state index in [1.165, 1.54) is 12.1 Å². The molecule has 0 bridgehead atoms. The molecule has 2 N–H and O–H groups in total. The zero-order chi connectivity index (χ0) is 22.1. The van der Waals surface area contributed by atoms with Gasteiger partial charge in [0.1, 0.15) is 5.82 Å². The van der Waals surface area contributed by atoms with Crippen LogP contribution in [0, 0.1) is 5.82 Å². The molecule has 1 saturated heterocycles. The number of rotatable bonds is 6. The van der Waals surface area contributed by atoms with Crippen LogP contribution >= 0.6 is 23.2 Å². The number of amides is 1. The zero-order valence-corrected chi connectivity index (χ0v) is 18.2. The van der Waals surface area contributed by atoms with E-state index in [1.54, 1.807) is 30.3 Å². The number of hydrogen-bond acceptors (Lipinski definition) is 5. The van der Waals surface area contributed by atoms with Crippen LogP contribution in [-0.4, -0.2) is 45.3 Å². The van der Waals surface area contributed by atoms with Crippen LogP contribution in [0.5, 0.6) is 5.75 Å². The molecule has 1 aliphatic rings. The summed E-state index contributed by atoms with van der Waals surface area (Å²) in [6, 6.07) is 4.63. The van der Waals surface area contributed by atoms with Gasteiger partial charge in [-0.1, -0.05) is 23.2 Å². The van der Waals surface area contributed by atoms with Gasteiger partial charge in [0.15, 0.2) is 11.6 Å². The first kappa shape index (κ1) is 21.4. The molecule has 4 rings (SSSR count). The molecule has 31 heavy (non-hydrogen) atoms. The third-order valence-corrected chi connectivity index (χ3v) is 6.01. The van der Waals surface area contributed by atoms with Crippen molar-refractivity contribution in [3.8, 4) is 16.9 Å².